The van der Waals surface area contributed by atoms with Gasteiger partial charge in [0.1, 0.15) is 0 Å². The number of hydrogen-bond donors (Lipinski definition) is 1. The molecule has 1 aromatic carbocycles. The Kier molecular flexibility index (Phi) is 4.15. The summed E-state index contributed by atoms with van der Waals surface area (Å²) >= 11 is 0. The lowest BCUT2D eigenvalue weighted by atomic mass is 9.72. The first-order valence-corrected chi connectivity index (χ1v) is 5.94. The van der Waals surface area contributed by atoms with Gasteiger partial charge < -0.3 is 5.11 Å². The number of halogens is 3. The largest absolute Gasteiger partial charge is 0.416 e. The van der Waals surface area contributed by atoms with Gasteiger partial charge in [-0.1, -0.05) is 44.7 Å². The van der Waals surface area contributed by atoms with E-state index in [0.717, 1.165) is 12.1 Å². The van der Waals surface area contributed by atoms with E-state index in [9.17, 15) is 18.3 Å². The maximum atomic E-state index is 12.6. The van der Waals surface area contributed by atoms with Crippen molar-refractivity contribution in [2.24, 2.45) is 5.41 Å². The highest BCUT2D eigenvalue weighted by Crippen LogP contribution is 2.36. The lowest BCUT2D eigenvalue weighted by Crippen LogP contribution is -2.41. The van der Waals surface area contributed by atoms with E-state index in [-0.39, 0.29) is 6.42 Å². The summed E-state index contributed by atoms with van der Waals surface area (Å²) < 4.78 is 37.9. The van der Waals surface area contributed by atoms with Crippen LogP contribution in [0.1, 0.15) is 31.9 Å². The Morgan fingerprint density at radius 3 is 2.26 bits per heavy atom. The Hall–Kier alpha value is -1.29. The zero-order valence-electron chi connectivity index (χ0n) is 11.3. The zero-order chi connectivity index (χ0) is 14.9. The predicted molar refractivity (Wildman–Crippen MR) is 68.4 cm³/mol. The lowest BCUT2D eigenvalue weighted by Gasteiger charge is -2.38. The van der Waals surface area contributed by atoms with Crippen molar-refractivity contribution in [1.29, 1.82) is 0 Å². The molecule has 0 bridgehead atoms. The number of benzene rings is 1. The Labute approximate surface area is 111 Å². The van der Waals surface area contributed by atoms with Gasteiger partial charge in [-0.3, -0.25) is 0 Å². The van der Waals surface area contributed by atoms with Gasteiger partial charge in [0.2, 0.25) is 0 Å². The molecule has 0 aliphatic carbocycles. The van der Waals surface area contributed by atoms with Crippen molar-refractivity contribution >= 4 is 0 Å². The van der Waals surface area contributed by atoms with E-state index in [1.807, 2.05) is 0 Å². The van der Waals surface area contributed by atoms with Gasteiger partial charge in [-0.2, -0.15) is 13.2 Å². The highest BCUT2D eigenvalue weighted by molar-refractivity contribution is 5.27. The van der Waals surface area contributed by atoms with Crippen molar-refractivity contribution in [3.63, 3.8) is 0 Å². The van der Waals surface area contributed by atoms with Crippen LogP contribution >= 0.6 is 0 Å². The molecule has 0 spiro atoms. The lowest BCUT2D eigenvalue weighted by molar-refractivity contribution is -0.137. The van der Waals surface area contributed by atoms with E-state index in [4.69, 9.17) is 6.58 Å². The van der Waals surface area contributed by atoms with Crippen LogP contribution < -0.4 is 0 Å². The SMILES string of the molecule is [CH]=CC(C)(O)C(C)(C)Cc1cccc(C(F)(F)F)c1. The van der Waals surface area contributed by atoms with E-state index in [0.29, 0.717) is 5.56 Å². The summed E-state index contributed by atoms with van der Waals surface area (Å²) in [5.41, 5.74) is -2.10. The molecule has 0 saturated heterocycles. The van der Waals surface area contributed by atoms with Crippen molar-refractivity contribution in [1.82, 2.24) is 0 Å². The van der Waals surface area contributed by atoms with Crippen LogP contribution in [0.3, 0.4) is 0 Å². The molecule has 1 N–H and O–H groups in total. The molecule has 1 aromatic rings. The Bertz CT molecular complexity index is 459. The molecule has 1 radical (unpaired) electrons. The first-order valence-electron chi connectivity index (χ1n) is 5.94. The second-order valence-corrected chi connectivity index (χ2v) is 5.57. The number of alkyl halides is 3. The van der Waals surface area contributed by atoms with Crippen molar-refractivity contribution in [3.05, 3.63) is 48.0 Å². The molecule has 0 amide bonds. The minimum atomic E-state index is -4.36. The molecule has 0 aromatic heterocycles. The molecule has 0 aliphatic rings. The molecule has 0 aliphatic heterocycles. The minimum absolute atomic E-state index is 0.289. The molecular weight excluding hydrogens is 253 g/mol. The molecule has 19 heavy (non-hydrogen) atoms. The Morgan fingerprint density at radius 1 is 1.21 bits per heavy atom. The third-order valence-corrected chi connectivity index (χ3v) is 3.60. The van der Waals surface area contributed by atoms with E-state index < -0.39 is 22.8 Å². The van der Waals surface area contributed by atoms with Crippen molar-refractivity contribution < 1.29 is 18.3 Å². The van der Waals surface area contributed by atoms with Crippen LogP contribution in [0.25, 0.3) is 0 Å². The predicted octanol–water partition coefficient (Wildman–Crippen LogP) is 4.01. The number of hydrogen-bond acceptors (Lipinski definition) is 1. The minimum Gasteiger partial charge on any atom is -0.386 e. The molecule has 0 heterocycles. The molecule has 1 unspecified atom stereocenters. The fraction of sp³-hybridized carbons (Fsp3) is 0.467. The van der Waals surface area contributed by atoms with Gasteiger partial charge >= 0.3 is 6.18 Å². The topological polar surface area (TPSA) is 20.2 Å². The second-order valence-electron chi connectivity index (χ2n) is 5.57. The van der Waals surface area contributed by atoms with Crippen molar-refractivity contribution in [3.8, 4) is 0 Å². The highest BCUT2D eigenvalue weighted by Gasteiger charge is 2.37. The molecule has 1 nitrogen and oxygen atoms in total. The standard InChI is InChI=1S/C15H18F3O/c1-5-14(4,19)13(2,3)10-11-7-6-8-12(9-11)15(16,17)18/h1,5-9,19H,10H2,2-4H3. The van der Waals surface area contributed by atoms with Gasteiger partial charge in [-0.05, 0) is 25.0 Å². The maximum absolute atomic E-state index is 12.6. The summed E-state index contributed by atoms with van der Waals surface area (Å²) in [5, 5.41) is 10.1. The summed E-state index contributed by atoms with van der Waals surface area (Å²) in [6.07, 6.45) is -2.90. The highest BCUT2D eigenvalue weighted by atomic mass is 19.4. The second kappa shape index (κ2) is 5.00. The smallest absolute Gasteiger partial charge is 0.386 e. The van der Waals surface area contributed by atoms with E-state index in [1.165, 1.54) is 12.1 Å². The van der Waals surface area contributed by atoms with Gasteiger partial charge in [-0.15, -0.1) is 0 Å². The van der Waals surface area contributed by atoms with Crippen LogP contribution in [0.4, 0.5) is 13.2 Å². The van der Waals surface area contributed by atoms with E-state index in [1.54, 1.807) is 26.8 Å². The first-order chi connectivity index (χ1) is 8.49. The molecule has 0 fully saturated rings. The van der Waals surface area contributed by atoms with Gasteiger partial charge in [0.25, 0.3) is 0 Å². The maximum Gasteiger partial charge on any atom is 0.416 e. The van der Waals surface area contributed by atoms with Crippen LogP contribution in [-0.4, -0.2) is 10.7 Å². The van der Waals surface area contributed by atoms with Crippen LogP contribution in [0, 0.1) is 12.0 Å². The zero-order valence-corrected chi connectivity index (χ0v) is 11.3. The molecule has 1 rings (SSSR count). The first kappa shape index (κ1) is 15.8. The molecular formula is C15H18F3O. The van der Waals surface area contributed by atoms with Crippen molar-refractivity contribution in [2.75, 3.05) is 0 Å². The Balaban J connectivity index is 3.04. The molecule has 0 saturated carbocycles. The fourth-order valence-corrected chi connectivity index (χ4v) is 1.77. The third-order valence-electron chi connectivity index (χ3n) is 3.60. The average Bonchev–Trinajstić information content (AvgIpc) is 2.27. The average molecular weight is 271 g/mol. The fourth-order valence-electron chi connectivity index (χ4n) is 1.77. The van der Waals surface area contributed by atoms with Gasteiger partial charge in [0, 0.05) is 5.41 Å². The Morgan fingerprint density at radius 2 is 1.79 bits per heavy atom. The summed E-state index contributed by atoms with van der Waals surface area (Å²) in [7, 11) is 0. The summed E-state index contributed by atoms with van der Waals surface area (Å²) in [5.74, 6) is 0. The van der Waals surface area contributed by atoms with Crippen LogP contribution in [-0.2, 0) is 12.6 Å². The van der Waals surface area contributed by atoms with Crippen LogP contribution in [0.5, 0.6) is 0 Å². The summed E-state index contributed by atoms with van der Waals surface area (Å²) in [4.78, 5) is 0. The van der Waals surface area contributed by atoms with Crippen LogP contribution in [0.15, 0.2) is 30.3 Å². The quantitative estimate of drug-likeness (QED) is 0.877. The molecule has 4 heteroatoms. The van der Waals surface area contributed by atoms with Gasteiger partial charge in [0.15, 0.2) is 0 Å². The van der Waals surface area contributed by atoms with Crippen molar-refractivity contribution in [2.45, 2.75) is 39.0 Å². The van der Waals surface area contributed by atoms with Gasteiger partial charge in [0.05, 0.1) is 11.2 Å². The monoisotopic (exact) mass is 271 g/mol. The van der Waals surface area contributed by atoms with E-state index >= 15 is 0 Å². The summed E-state index contributed by atoms with van der Waals surface area (Å²) in [6, 6.07) is 5.12. The normalized spacial score (nSPS) is 15.9. The summed E-state index contributed by atoms with van der Waals surface area (Å²) in [6.45, 7) is 10.5. The van der Waals surface area contributed by atoms with Gasteiger partial charge in [-0.25, -0.2) is 0 Å². The number of rotatable bonds is 4. The number of aliphatic hydroxyl groups is 1. The van der Waals surface area contributed by atoms with E-state index in [2.05, 4.69) is 0 Å². The third kappa shape index (κ3) is 3.60. The molecule has 105 valence electrons. The molecule has 1 atom stereocenters. The van der Waals surface area contributed by atoms with Crippen LogP contribution in [0.2, 0.25) is 0 Å².